The van der Waals surface area contributed by atoms with Crippen LogP contribution >= 0.6 is 0 Å². The summed E-state index contributed by atoms with van der Waals surface area (Å²) < 4.78 is 31.7. The highest BCUT2D eigenvalue weighted by atomic mass is 19.4. The minimum Gasteiger partial charge on any atom is -0.507 e. The summed E-state index contributed by atoms with van der Waals surface area (Å²) in [7, 11) is 0. The number of amides is 1. The van der Waals surface area contributed by atoms with Crippen LogP contribution < -0.4 is 5.32 Å². The van der Waals surface area contributed by atoms with Crippen LogP contribution in [0.25, 0.3) is 0 Å². The van der Waals surface area contributed by atoms with Gasteiger partial charge in [0.15, 0.2) is 0 Å². The van der Waals surface area contributed by atoms with E-state index in [0.717, 1.165) is 25.8 Å². The Balaban J connectivity index is 0.000000406. The molecule has 2 aromatic rings. The first kappa shape index (κ1) is 25.5. The van der Waals surface area contributed by atoms with Gasteiger partial charge in [-0.25, -0.2) is 4.79 Å². The van der Waals surface area contributed by atoms with Crippen LogP contribution in [0.1, 0.15) is 52.9 Å². The lowest BCUT2D eigenvalue weighted by Crippen LogP contribution is -2.44. The fourth-order valence-electron chi connectivity index (χ4n) is 4.24. The van der Waals surface area contributed by atoms with Gasteiger partial charge in [0.2, 0.25) is 0 Å². The van der Waals surface area contributed by atoms with Crippen molar-refractivity contribution >= 4 is 11.9 Å². The molecule has 4 rings (SSSR count). The van der Waals surface area contributed by atoms with Crippen LogP contribution in [0.3, 0.4) is 0 Å². The molecule has 2 heterocycles. The number of aryl methyl sites for hydroxylation is 1. The van der Waals surface area contributed by atoms with E-state index in [1.165, 1.54) is 36.1 Å². The monoisotopic (exact) mass is 479 g/mol. The number of piperidine rings is 1. The van der Waals surface area contributed by atoms with Crippen molar-refractivity contribution in [3.8, 4) is 5.75 Å². The number of phenolic OH excluding ortho intramolecular Hbond substituents is 1. The Morgan fingerprint density at radius 2 is 1.74 bits per heavy atom. The summed E-state index contributed by atoms with van der Waals surface area (Å²) in [6.45, 7) is 2.23. The number of alkyl halides is 3. The molecule has 1 aliphatic carbocycles. The minimum atomic E-state index is -5.08. The van der Waals surface area contributed by atoms with Crippen molar-refractivity contribution in [1.29, 1.82) is 0 Å². The molecule has 0 saturated carbocycles. The number of pyridine rings is 1. The van der Waals surface area contributed by atoms with Crippen molar-refractivity contribution in [1.82, 2.24) is 15.2 Å². The van der Waals surface area contributed by atoms with E-state index in [0.29, 0.717) is 24.7 Å². The molecule has 1 fully saturated rings. The van der Waals surface area contributed by atoms with Crippen molar-refractivity contribution in [3.63, 3.8) is 0 Å². The van der Waals surface area contributed by atoms with Crippen molar-refractivity contribution in [2.75, 3.05) is 13.1 Å². The van der Waals surface area contributed by atoms with E-state index in [1.807, 2.05) is 11.1 Å². The van der Waals surface area contributed by atoms with Crippen LogP contribution in [0.15, 0.2) is 36.5 Å². The number of carbonyl (C=O) groups is 2. The largest absolute Gasteiger partial charge is 0.507 e. The third-order valence-electron chi connectivity index (χ3n) is 6.08. The standard InChI is InChI=1S/C22H27N3O2.C2HF3O2/c26-21-8-4-3-7-19(21)22(27)25-13-10-17(11-14-25)24-15-20-18-6-2-1-5-16(18)9-12-23-20;3-2(4,5)1(6)7/h3-4,7-9,12,17,24,26H,1-2,5-6,10-11,13-15H2;(H,6,7). The number of fused-ring (bicyclic) bond motifs is 1. The highest BCUT2D eigenvalue weighted by molar-refractivity contribution is 5.96. The molecule has 0 atom stereocenters. The second kappa shape index (κ2) is 11.3. The highest BCUT2D eigenvalue weighted by Gasteiger charge is 2.38. The number of likely N-dealkylation sites (tertiary alicyclic amines) is 1. The van der Waals surface area contributed by atoms with Crippen LogP contribution in [0, 0.1) is 0 Å². The lowest BCUT2D eigenvalue weighted by molar-refractivity contribution is -0.192. The summed E-state index contributed by atoms with van der Waals surface area (Å²) in [6, 6.07) is 9.34. The summed E-state index contributed by atoms with van der Waals surface area (Å²) in [4.78, 5) is 28.0. The van der Waals surface area contributed by atoms with E-state index in [9.17, 15) is 23.1 Å². The molecule has 0 unspecified atom stereocenters. The first-order chi connectivity index (χ1) is 16.2. The minimum absolute atomic E-state index is 0.0580. The van der Waals surface area contributed by atoms with E-state index in [1.54, 1.807) is 24.3 Å². The average Bonchev–Trinajstić information content (AvgIpc) is 2.83. The maximum atomic E-state index is 12.6. The number of para-hydroxylation sites is 1. The van der Waals surface area contributed by atoms with Gasteiger partial charge in [-0.3, -0.25) is 9.78 Å². The number of nitrogens with one attached hydrogen (secondary N) is 1. The number of halogens is 3. The summed E-state index contributed by atoms with van der Waals surface area (Å²) in [6.07, 6.45) is 3.58. The zero-order valence-electron chi connectivity index (χ0n) is 18.6. The predicted octanol–water partition coefficient (Wildman–Crippen LogP) is 3.69. The number of phenols is 1. The molecule has 0 spiro atoms. The summed E-state index contributed by atoms with van der Waals surface area (Å²) in [5.74, 6) is -2.78. The first-order valence-corrected chi connectivity index (χ1v) is 11.2. The first-order valence-electron chi connectivity index (χ1n) is 11.2. The second-order valence-corrected chi connectivity index (χ2v) is 8.37. The second-order valence-electron chi connectivity index (χ2n) is 8.37. The lowest BCUT2D eigenvalue weighted by atomic mass is 9.91. The van der Waals surface area contributed by atoms with Crippen molar-refractivity contribution in [2.24, 2.45) is 0 Å². The third kappa shape index (κ3) is 6.69. The normalized spacial score (nSPS) is 16.3. The predicted molar refractivity (Wildman–Crippen MR) is 118 cm³/mol. The molecule has 1 amide bonds. The lowest BCUT2D eigenvalue weighted by Gasteiger charge is -2.33. The third-order valence-corrected chi connectivity index (χ3v) is 6.08. The number of benzene rings is 1. The van der Waals surface area contributed by atoms with Gasteiger partial charge >= 0.3 is 12.1 Å². The molecule has 1 saturated heterocycles. The number of nitrogens with zero attached hydrogens (tertiary/aromatic N) is 2. The Morgan fingerprint density at radius 1 is 1.09 bits per heavy atom. The number of hydrogen-bond acceptors (Lipinski definition) is 5. The molecule has 1 aromatic carbocycles. The quantitative estimate of drug-likeness (QED) is 0.618. The number of carbonyl (C=O) groups excluding carboxylic acids is 1. The van der Waals surface area contributed by atoms with Gasteiger partial charge in [0.05, 0.1) is 11.3 Å². The average molecular weight is 479 g/mol. The van der Waals surface area contributed by atoms with Crippen LogP contribution in [0.5, 0.6) is 5.75 Å². The number of carboxylic acids is 1. The smallest absolute Gasteiger partial charge is 0.490 e. The van der Waals surface area contributed by atoms with Gasteiger partial charge in [-0.15, -0.1) is 0 Å². The molecule has 7 nitrogen and oxygen atoms in total. The molecule has 0 bridgehead atoms. The number of rotatable bonds is 4. The molecule has 3 N–H and O–H groups in total. The fourth-order valence-corrected chi connectivity index (χ4v) is 4.24. The van der Waals surface area contributed by atoms with Gasteiger partial charge in [0.1, 0.15) is 5.75 Å². The Bertz CT molecular complexity index is 1010. The van der Waals surface area contributed by atoms with E-state index >= 15 is 0 Å². The molecular formula is C24H28F3N3O4. The maximum Gasteiger partial charge on any atom is 0.490 e. The Hall–Kier alpha value is -3.14. The maximum absolute atomic E-state index is 12.6. The molecule has 34 heavy (non-hydrogen) atoms. The summed E-state index contributed by atoms with van der Waals surface area (Å²) in [5, 5.41) is 20.7. The zero-order valence-corrected chi connectivity index (χ0v) is 18.6. The topological polar surface area (TPSA) is 103 Å². The number of aromatic hydroxyl groups is 1. The van der Waals surface area contributed by atoms with Crippen molar-refractivity contribution < 1.29 is 33.0 Å². The zero-order chi connectivity index (χ0) is 24.7. The SMILES string of the molecule is O=C(O)C(F)(F)F.O=C(c1ccccc1O)N1CCC(NCc2nccc3c2CCCC3)CC1. The van der Waals surface area contributed by atoms with Gasteiger partial charge in [0, 0.05) is 31.9 Å². The van der Waals surface area contributed by atoms with Gasteiger partial charge in [-0.1, -0.05) is 12.1 Å². The summed E-state index contributed by atoms with van der Waals surface area (Å²) in [5.41, 5.74) is 4.50. The Labute approximate surface area is 195 Å². The summed E-state index contributed by atoms with van der Waals surface area (Å²) >= 11 is 0. The van der Waals surface area contributed by atoms with E-state index in [4.69, 9.17) is 9.90 Å². The van der Waals surface area contributed by atoms with Gasteiger partial charge in [0.25, 0.3) is 5.91 Å². The van der Waals surface area contributed by atoms with Gasteiger partial charge in [-0.2, -0.15) is 13.2 Å². The molecular weight excluding hydrogens is 451 g/mol. The number of hydrogen-bond donors (Lipinski definition) is 3. The van der Waals surface area contributed by atoms with Crippen molar-refractivity contribution in [2.45, 2.75) is 57.3 Å². The molecule has 184 valence electrons. The van der Waals surface area contributed by atoms with E-state index in [2.05, 4.69) is 16.4 Å². The van der Waals surface area contributed by atoms with Crippen LogP contribution in [-0.2, 0) is 24.2 Å². The Morgan fingerprint density at radius 3 is 2.38 bits per heavy atom. The molecule has 10 heteroatoms. The van der Waals surface area contributed by atoms with Gasteiger partial charge in [-0.05, 0) is 67.9 Å². The van der Waals surface area contributed by atoms with Crippen LogP contribution in [0.4, 0.5) is 13.2 Å². The van der Waals surface area contributed by atoms with E-state index < -0.39 is 12.1 Å². The number of aromatic nitrogens is 1. The molecule has 1 aliphatic heterocycles. The number of carboxylic acid groups (broad SMARTS) is 1. The highest BCUT2D eigenvalue weighted by Crippen LogP contribution is 2.24. The molecule has 2 aliphatic rings. The van der Waals surface area contributed by atoms with Crippen LogP contribution in [0.2, 0.25) is 0 Å². The number of aliphatic carboxylic acids is 1. The van der Waals surface area contributed by atoms with Crippen molar-refractivity contribution in [3.05, 3.63) is 58.9 Å². The molecule has 1 aromatic heterocycles. The van der Waals surface area contributed by atoms with Crippen LogP contribution in [-0.4, -0.2) is 57.3 Å². The molecule has 0 radical (unpaired) electrons. The Kier molecular flexibility index (Phi) is 8.49. The van der Waals surface area contributed by atoms with Gasteiger partial charge < -0.3 is 20.4 Å². The van der Waals surface area contributed by atoms with E-state index in [-0.39, 0.29) is 11.7 Å². The fraction of sp³-hybridized carbons (Fsp3) is 0.458.